The van der Waals surface area contributed by atoms with Crippen LogP contribution in [0.3, 0.4) is 0 Å². The summed E-state index contributed by atoms with van der Waals surface area (Å²) >= 11 is 0. The molecule has 0 aromatic heterocycles. The zero-order valence-electron chi connectivity index (χ0n) is 12.4. The summed E-state index contributed by atoms with van der Waals surface area (Å²) in [4.78, 5) is 0. The monoisotopic (exact) mass is 260 g/mol. The van der Waals surface area contributed by atoms with Crippen molar-refractivity contribution in [3.05, 3.63) is 64.7 Å². The Kier molecular flexibility index (Phi) is 2.30. The summed E-state index contributed by atoms with van der Waals surface area (Å²) in [5.41, 5.74) is 8.95. The highest BCUT2D eigenvalue weighted by Gasteiger charge is 2.36. The molecule has 0 fully saturated rings. The molecular formula is C20H20. The van der Waals surface area contributed by atoms with Gasteiger partial charge in [0.15, 0.2) is 0 Å². The highest BCUT2D eigenvalue weighted by molar-refractivity contribution is 5.88. The van der Waals surface area contributed by atoms with Crippen LogP contribution in [0.4, 0.5) is 0 Å². The lowest BCUT2D eigenvalue weighted by molar-refractivity contribution is 0.658. The highest BCUT2D eigenvalue weighted by Crippen LogP contribution is 2.51. The fourth-order valence-electron chi connectivity index (χ4n) is 3.91. The van der Waals surface area contributed by atoms with Gasteiger partial charge in [0.25, 0.3) is 0 Å². The van der Waals surface area contributed by atoms with Crippen LogP contribution in [-0.2, 0) is 11.8 Å². The number of hydrogen-bond acceptors (Lipinski definition) is 0. The molecule has 20 heavy (non-hydrogen) atoms. The minimum atomic E-state index is 0.123. The van der Waals surface area contributed by atoms with E-state index in [-0.39, 0.29) is 5.41 Å². The van der Waals surface area contributed by atoms with E-state index in [2.05, 4.69) is 69.3 Å². The van der Waals surface area contributed by atoms with Crippen molar-refractivity contribution in [3.8, 4) is 11.1 Å². The molecule has 0 bridgehead atoms. The molecular weight excluding hydrogens is 240 g/mol. The van der Waals surface area contributed by atoms with Gasteiger partial charge in [-0.1, -0.05) is 69.3 Å². The molecule has 0 radical (unpaired) electrons. The predicted octanol–water partition coefficient (Wildman–Crippen LogP) is 5.20. The van der Waals surface area contributed by atoms with Crippen molar-refractivity contribution in [2.24, 2.45) is 5.92 Å². The molecule has 100 valence electrons. The minimum absolute atomic E-state index is 0.123. The van der Waals surface area contributed by atoms with E-state index in [1.807, 2.05) is 0 Å². The first-order chi connectivity index (χ1) is 9.59. The molecule has 0 heterocycles. The lowest BCUT2D eigenvalue weighted by Gasteiger charge is -2.23. The van der Waals surface area contributed by atoms with Crippen molar-refractivity contribution in [2.75, 3.05) is 0 Å². The van der Waals surface area contributed by atoms with Gasteiger partial charge in [-0.05, 0) is 45.7 Å². The molecule has 1 unspecified atom stereocenters. The van der Waals surface area contributed by atoms with Crippen molar-refractivity contribution in [3.63, 3.8) is 0 Å². The molecule has 4 rings (SSSR count). The van der Waals surface area contributed by atoms with Crippen LogP contribution in [0, 0.1) is 5.92 Å². The lowest BCUT2D eigenvalue weighted by Crippen LogP contribution is -2.15. The Labute approximate surface area is 121 Å². The van der Waals surface area contributed by atoms with Crippen molar-refractivity contribution in [1.82, 2.24) is 0 Å². The zero-order chi connectivity index (χ0) is 13.9. The van der Waals surface area contributed by atoms with E-state index in [1.54, 1.807) is 0 Å². The second-order valence-corrected chi connectivity index (χ2v) is 6.77. The van der Waals surface area contributed by atoms with Crippen LogP contribution in [0.25, 0.3) is 17.2 Å². The van der Waals surface area contributed by atoms with Gasteiger partial charge in [0.1, 0.15) is 0 Å². The molecule has 2 aromatic rings. The SMILES string of the molecule is CC1C=Cc2c(ccc3c2-c2ccccc2C3(C)C)C1. The second kappa shape index (κ2) is 3.85. The van der Waals surface area contributed by atoms with E-state index in [9.17, 15) is 0 Å². The van der Waals surface area contributed by atoms with Gasteiger partial charge in [-0.3, -0.25) is 0 Å². The van der Waals surface area contributed by atoms with Gasteiger partial charge in [-0.2, -0.15) is 0 Å². The molecule has 0 saturated heterocycles. The Morgan fingerprint density at radius 1 is 1.00 bits per heavy atom. The molecule has 2 aromatic carbocycles. The Hall–Kier alpha value is -1.82. The Morgan fingerprint density at radius 2 is 1.80 bits per heavy atom. The molecule has 0 aliphatic heterocycles. The van der Waals surface area contributed by atoms with E-state index in [1.165, 1.54) is 39.8 Å². The normalized spacial score (nSPS) is 21.2. The van der Waals surface area contributed by atoms with Gasteiger partial charge in [0.2, 0.25) is 0 Å². The fourth-order valence-corrected chi connectivity index (χ4v) is 3.91. The van der Waals surface area contributed by atoms with E-state index >= 15 is 0 Å². The first kappa shape index (κ1) is 12.0. The summed E-state index contributed by atoms with van der Waals surface area (Å²) in [5, 5.41) is 0. The van der Waals surface area contributed by atoms with Crippen molar-refractivity contribution < 1.29 is 0 Å². The third-order valence-electron chi connectivity index (χ3n) is 5.01. The topological polar surface area (TPSA) is 0 Å². The number of allylic oxidation sites excluding steroid dienone is 1. The molecule has 2 aliphatic carbocycles. The molecule has 0 nitrogen and oxygen atoms in total. The van der Waals surface area contributed by atoms with Crippen LogP contribution in [-0.4, -0.2) is 0 Å². The summed E-state index contributed by atoms with van der Waals surface area (Å²) in [6, 6.07) is 13.6. The molecule has 0 N–H and O–H groups in total. The van der Waals surface area contributed by atoms with Gasteiger partial charge in [-0.15, -0.1) is 0 Å². The first-order valence-electron chi connectivity index (χ1n) is 7.53. The van der Waals surface area contributed by atoms with Gasteiger partial charge in [-0.25, -0.2) is 0 Å². The highest BCUT2D eigenvalue weighted by atomic mass is 14.4. The van der Waals surface area contributed by atoms with Crippen LogP contribution in [0.2, 0.25) is 0 Å². The molecule has 0 saturated carbocycles. The van der Waals surface area contributed by atoms with Gasteiger partial charge >= 0.3 is 0 Å². The third kappa shape index (κ3) is 1.42. The van der Waals surface area contributed by atoms with Crippen LogP contribution in [0.15, 0.2) is 42.5 Å². The van der Waals surface area contributed by atoms with Crippen LogP contribution in [0.5, 0.6) is 0 Å². The van der Waals surface area contributed by atoms with E-state index < -0.39 is 0 Å². The molecule has 0 spiro atoms. The average Bonchev–Trinajstić information content (AvgIpc) is 2.68. The molecule has 1 atom stereocenters. The summed E-state index contributed by atoms with van der Waals surface area (Å²) in [6.45, 7) is 6.99. The zero-order valence-corrected chi connectivity index (χ0v) is 12.4. The summed E-state index contributed by atoms with van der Waals surface area (Å²) in [6.07, 6.45) is 5.87. The van der Waals surface area contributed by atoms with Crippen molar-refractivity contribution in [2.45, 2.75) is 32.6 Å². The largest absolute Gasteiger partial charge is 0.0807 e. The second-order valence-electron chi connectivity index (χ2n) is 6.77. The summed E-state index contributed by atoms with van der Waals surface area (Å²) in [7, 11) is 0. The Morgan fingerprint density at radius 3 is 2.65 bits per heavy atom. The summed E-state index contributed by atoms with van der Waals surface area (Å²) in [5.74, 6) is 0.658. The van der Waals surface area contributed by atoms with E-state index in [4.69, 9.17) is 0 Å². The average molecular weight is 260 g/mol. The van der Waals surface area contributed by atoms with Gasteiger partial charge < -0.3 is 0 Å². The number of benzene rings is 2. The first-order valence-corrected chi connectivity index (χ1v) is 7.53. The van der Waals surface area contributed by atoms with Crippen LogP contribution < -0.4 is 0 Å². The third-order valence-corrected chi connectivity index (χ3v) is 5.01. The van der Waals surface area contributed by atoms with Gasteiger partial charge in [0.05, 0.1) is 0 Å². The Balaban J connectivity index is 2.08. The molecule has 0 heteroatoms. The standard InChI is InChI=1S/C20H20/c1-13-8-10-15-14(12-13)9-11-18-19(15)16-6-4-5-7-17(16)20(18,2)3/h4-11,13H,12H2,1-3H3. The quantitative estimate of drug-likeness (QED) is 0.611. The lowest BCUT2D eigenvalue weighted by atomic mass is 9.80. The van der Waals surface area contributed by atoms with Crippen LogP contribution >= 0.6 is 0 Å². The van der Waals surface area contributed by atoms with Crippen LogP contribution in [0.1, 0.15) is 43.0 Å². The molecule has 2 aliphatic rings. The maximum Gasteiger partial charge on any atom is 0.0159 e. The Bertz CT molecular complexity index is 732. The van der Waals surface area contributed by atoms with E-state index in [0.29, 0.717) is 5.92 Å². The predicted molar refractivity (Wildman–Crippen MR) is 85.9 cm³/mol. The smallest absolute Gasteiger partial charge is 0.0159 e. The van der Waals surface area contributed by atoms with Gasteiger partial charge in [0, 0.05) is 5.41 Å². The summed E-state index contributed by atoms with van der Waals surface area (Å²) < 4.78 is 0. The number of rotatable bonds is 0. The van der Waals surface area contributed by atoms with Crippen molar-refractivity contribution in [1.29, 1.82) is 0 Å². The number of hydrogen-bond donors (Lipinski definition) is 0. The van der Waals surface area contributed by atoms with E-state index in [0.717, 1.165) is 0 Å². The molecule has 0 amide bonds. The number of fused-ring (bicyclic) bond motifs is 5. The maximum absolute atomic E-state index is 2.36. The minimum Gasteiger partial charge on any atom is -0.0807 e. The maximum atomic E-state index is 2.36. The van der Waals surface area contributed by atoms with Crippen molar-refractivity contribution >= 4 is 6.08 Å². The fraction of sp³-hybridized carbons (Fsp3) is 0.300.